The largest absolute Gasteiger partial charge is 0.468 e. The first-order valence-corrected chi connectivity index (χ1v) is 6.53. The van der Waals surface area contributed by atoms with Gasteiger partial charge < -0.3 is 19.5 Å². The number of likely N-dealkylation sites (N-methyl/N-ethyl adjacent to an activating group) is 1. The molecular weight excluding hydrogens is 230 g/mol. The van der Waals surface area contributed by atoms with E-state index in [1.807, 2.05) is 17.0 Å². The van der Waals surface area contributed by atoms with E-state index in [-0.39, 0.29) is 5.91 Å². The molecule has 0 saturated carbocycles. The second-order valence-electron chi connectivity index (χ2n) is 4.50. The predicted molar refractivity (Wildman–Crippen MR) is 69.1 cm³/mol. The highest BCUT2D eigenvalue weighted by atomic mass is 16.3. The Morgan fingerprint density at radius 1 is 1.39 bits per heavy atom. The van der Waals surface area contributed by atoms with Crippen LogP contribution in [-0.2, 0) is 11.3 Å². The molecule has 0 radical (unpaired) electrons. The van der Waals surface area contributed by atoms with Crippen LogP contribution >= 0.6 is 0 Å². The summed E-state index contributed by atoms with van der Waals surface area (Å²) >= 11 is 0. The fraction of sp³-hybridized carbons (Fsp3) is 0.615. The van der Waals surface area contributed by atoms with Gasteiger partial charge in [0.25, 0.3) is 0 Å². The van der Waals surface area contributed by atoms with Crippen LogP contribution in [0.5, 0.6) is 0 Å². The molecule has 1 aliphatic rings. The smallest absolute Gasteiger partial charge is 0.236 e. The fourth-order valence-corrected chi connectivity index (χ4v) is 2.13. The molecule has 1 amide bonds. The molecule has 0 atom stereocenters. The van der Waals surface area contributed by atoms with Crippen LogP contribution in [0.4, 0.5) is 0 Å². The lowest BCUT2D eigenvalue weighted by atomic mass is 10.3. The highest BCUT2D eigenvalue weighted by Crippen LogP contribution is 2.02. The molecule has 1 fully saturated rings. The minimum absolute atomic E-state index is 0.178. The predicted octanol–water partition coefficient (Wildman–Crippen LogP) is 0.533. The van der Waals surface area contributed by atoms with Gasteiger partial charge in [0, 0.05) is 26.2 Å². The van der Waals surface area contributed by atoms with Crippen molar-refractivity contribution in [3.05, 3.63) is 24.2 Å². The van der Waals surface area contributed by atoms with Gasteiger partial charge in [-0.1, -0.05) is 6.92 Å². The van der Waals surface area contributed by atoms with Crippen molar-refractivity contribution in [1.82, 2.24) is 15.1 Å². The number of carbonyl (C=O) groups excluding carboxylic acids is 1. The average molecular weight is 251 g/mol. The number of hydrogen-bond acceptors (Lipinski definition) is 4. The molecule has 0 bridgehead atoms. The van der Waals surface area contributed by atoms with Crippen molar-refractivity contribution < 1.29 is 9.21 Å². The number of furan rings is 1. The van der Waals surface area contributed by atoms with E-state index in [1.54, 1.807) is 6.26 Å². The molecule has 0 spiro atoms. The molecule has 5 heteroatoms. The maximum Gasteiger partial charge on any atom is 0.236 e. The standard InChI is InChI=1S/C13H21N3O2/c1-2-15-5-7-16(8-6-15)13(17)11-14-10-12-4-3-9-18-12/h3-4,9,14H,2,5-8,10-11H2,1H3. The van der Waals surface area contributed by atoms with E-state index in [1.165, 1.54) is 0 Å². The quantitative estimate of drug-likeness (QED) is 0.829. The molecule has 1 aliphatic heterocycles. The van der Waals surface area contributed by atoms with Crippen LogP contribution < -0.4 is 5.32 Å². The molecule has 18 heavy (non-hydrogen) atoms. The van der Waals surface area contributed by atoms with Crippen LogP contribution in [-0.4, -0.2) is 55.0 Å². The van der Waals surface area contributed by atoms with Crippen LogP contribution in [0.25, 0.3) is 0 Å². The average Bonchev–Trinajstić information content (AvgIpc) is 2.92. The van der Waals surface area contributed by atoms with Crippen LogP contribution in [0.1, 0.15) is 12.7 Å². The van der Waals surface area contributed by atoms with Crippen molar-refractivity contribution in [2.75, 3.05) is 39.3 Å². The lowest BCUT2D eigenvalue weighted by molar-refractivity contribution is -0.131. The van der Waals surface area contributed by atoms with Gasteiger partial charge in [0.1, 0.15) is 5.76 Å². The summed E-state index contributed by atoms with van der Waals surface area (Å²) in [5.74, 6) is 1.04. The van der Waals surface area contributed by atoms with Gasteiger partial charge in [-0.2, -0.15) is 0 Å². The second kappa shape index (κ2) is 6.56. The first kappa shape index (κ1) is 13.1. The number of carbonyl (C=O) groups is 1. The van der Waals surface area contributed by atoms with E-state index in [0.29, 0.717) is 13.1 Å². The third kappa shape index (κ3) is 3.58. The number of nitrogens with one attached hydrogen (secondary N) is 1. The maximum absolute atomic E-state index is 11.9. The molecule has 2 rings (SSSR count). The molecule has 0 unspecified atom stereocenters. The Morgan fingerprint density at radius 2 is 2.17 bits per heavy atom. The minimum atomic E-state index is 0.178. The van der Waals surface area contributed by atoms with Gasteiger partial charge in [-0.15, -0.1) is 0 Å². The molecule has 1 aromatic heterocycles. The first-order valence-electron chi connectivity index (χ1n) is 6.53. The number of hydrogen-bond donors (Lipinski definition) is 1. The molecule has 1 saturated heterocycles. The molecule has 2 heterocycles. The van der Waals surface area contributed by atoms with Crippen LogP contribution in [0.2, 0.25) is 0 Å². The second-order valence-corrected chi connectivity index (χ2v) is 4.50. The third-order valence-corrected chi connectivity index (χ3v) is 3.33. The SMILES string of the molecule is CCN1CCN(C(=O)CNCc2ccco2)CC1. The van der Waals surface area contributed by atoms with Crippen LogP contribution in [0, 0.1) is 0 Å². The Labute approximate surface area is 108 Å². The highest BCUT2D eigenvalue weighted by molar-refractivity contribution is 5.78. The van der Waals surface area contributed by atoms with Crippen molar-refractivity contribution in [3.63, 3.8) is 0 Å². The highest BCUT2D eigenvalue weighted by Gasteiger charge is 2.19. The zero-order chi connectivity index (χ0) is 12.8. The molecule has 0 aliphatic carbocycles. The van der Waals surface area contributed by atoms with Gasteiger partial charge in [-0.05, 0) is 18.7 Å². The lowest BCUT2D eigenvalue weighted by Crippen LogP contribution is -2.50. The minimum Gasteiger partial charge on any atom is -0.468 e. The van der Waals surface area contributed by atoms with Gasteiger partial charge in [-0.3, -0.25) is 4.79 Å². The van der Waals surface area contributed by atoms with E-state index in [9.17, 15) is 4.79 Å². The zero-order valence-electron chi connectivity index (χ0n) is 10.9. The molecule has 1 N–H and O–H groups in total. The van der Waals surface area contributed by atoms with E-state index >= 15 is 0 Å². The normalized spacial score (nSPS) is 17.1. The van der Waals surface area contributed by atoms with E-state index in [2.05, 4.69) is 17.1 Å². The summed E-state index contributed by atoms with van der Waals surface area (Å²) in [6.45, 7) is 7.87. The van der Waals surface area contributed by atoms with Crippen molar-refractivity contribution >= 4 is 5.91 Å². The topological polar surface area (TPSA) is 48.7 Å². The van der Waals surface area contributed by atoms with Crippen molar-refractivity contribution in [2.45, 2.75) is 13.5 Å². The molecule has 100 valence electrons. The number of piperazine rings is 1. The van der Waals surface area contributed by atoms with Gasteiger partial charge in [0.2, 0.25) is 5.91 Å². The molecule has 5 nitrogen and oxygen atoms in total. The Hall–Kier alpha value is -1.33. The summed E-state index contributed by atoms with van der Waals surface area (Å²) in [6.07, 6.45) is 1.64. The summed E-state index contributed by atoms with van der Waals surface area (Å²) in [5.41, 5.74) is 0. The van der Waals surface area contributed by atoms with E-state index in [4.69, 9.17) is 4.42 Å². The van der Waals surface area contributed by atoms with E-state index < -0.39 is 0 Å². The van der Waals surface area contributed by atoms with Gasteiger partial charge in [0.05, 0.1) is 19.4 Å². The summed E-state index contributed by atoms with van der Waals surface area (Å²) in [6, 6.07) is 3.75. The Morgan fingerprint density at radius 3 is 2.78 bits per heavy atom. The molecular formula is C13H21N3O2. The van der Waals surface area contributed by atoms with Crippen molar-refractivity contribution in [1.29, 1.82) is 0 Å². The van der Waals surface area contributed by atoms with Crippen LogP contribution in [0.3, 0.4) is 0 Å². The van der Waals surface area contributed by atoms with Gasteiger partial charge >= 0.3 is 0 Å². The first-order chi connectivity index (χ1) is 8.79. The molecule has 1 aromatic rings. The Bertz CT molecular complexity index is 356. The maximum atomic E-state index is 11.9. The van der Waals surface area contributed by atoms with Crippen LogP contribution in [0.15, 0.2) is 22.8 Å². The Balaban J connectivity index is 1.66. The van der Waals surface area contributed by atoms with E-state index in [0.717, 1.165) is 38.5 Å². The lowest BCUT2D eigenvalue weighted by Gasteiger charge is -2.34. The zero-order valence-corrected chi connectivity index (χ0v) is 10.9. The molecule has 0 aromatic carbocycles. The van der Waals surface area contributed by atoms with Gasteiger partial charge in [0.15, 0.2) is 0 Å². The van der Waals surface area contributed by atoms with Gasteiger partial charge in [-0.25, -0.2) is 0 Å². The Kier molecular flexibility index (Phi) is 4.78. The third-order valence-electron chi connectivity index (χ3n) is 3.33. The summed E-state index contributed by atoms with van der Waals surface area (Å²) in [4.78, 5) is 16.2. The fourth-order valence-electron chi connectivity index (χ4n) is 2.13. The monoisotopic (exact) mass is 251 g/mol. The summed E-state index contributed by atoms with van der Waals surface area (Å²) in [5, 5.41) is 3.11. The number of amides is 1. The summed E-state index contributed by atoms with van der Waals surface area (Å²) < 4.78 is 5.20. The van der Waals surface area contributed by atoms with Crippen molar-refractivity contribution in [2.24, 2.45) is 0 Å². The number of rotatable bonds is 5. The summed E-state index contributed by atoms with van der Waals surface area (Å²) in [7, 11) is 0. The van der Waals surface area contributed by atoms with Crippen molar-refractivity contribution in [3.8, 4) is 0 Å². The number of nitrogens with zero attached hydrogens (tertiary/aromatic N) is 2.